The van der Waals surface area contributed by atoms with Crippen molar-refractivity contribution in [3.8, 4) is 11.8 Å². The second-order valence-corrected chi connectivity index (χ2v) is 4.80. The second-order valence-electron chi connectivity index (χ2n) is 4.80. The Morgan fingerprint density at radius 2 is 2.30 bits per heavy atom. The molecule has 1 aliphatic heterocycles. The van der Waals surface area contributed by atoms with E-state index in [0.29, 0.717) is 12.1 Å². The fourth-order valence-electron chi connectivity index (χ4n) is 2.41. The van der Waals surface area contributed by atoms with Crippen LogP contribution in [-0.4, -0.2) is 43.7 Å². The van der Waals surface area contributed by atoms with Crippen LogP contribution in [-0.2, 0) is 4.74 Å². The van der Waals surface area contributed by atoms with Crippen molar-refractivity contribution in [3.05, 3.63) is 35.4 Å². The van der Waals surface area contributed by atoms with Crippen molar-refractivity contribution in [2.24, 2.45) is 5.73 Å². The molecule has 1 amide bonds. The Morgan fingerprint density at radius 1 is 1.50 bits per heavy atom. The van der Waals surface area contributed by atoms with Gasteiger partial charge in [-0.2, -0.15) is 0 Å². The number of nitrogens with two attached hydrogens (primary N) is 1. The summed E-state index contributed by atoms with van der Waals surface area (Å²) >= 11 is 0. The molecule has 0 spiro atoms. The Bertz CT molecular complexity index is 531. The highest BCUT2D eigenvalue weighted by Gasteiger charge is 2.25. The quantitative estimate of drug-likeness (QED) is 0.824. The molecule has 20 heavy (non-hydrogen) atoms. The normalized spacial score (nSPS) is 18.3. The summed E-state index contributed by atoms with van der Waals surface area (Å²) in [6.07, 6.45) is 2.12. The molecule has 0 saturated carbocycles. The summed E-state index contributed by atoms with van der Waals surface area (Å²) < 4.78 is 5.36. The van der Waals surface area contributed by atoms with Gasteiger partial charge in [-0.05, 0) is 25.0 Å². The summed E-state index contributed by atoms with van der Waals surface area (Å²) in [6.45, 7) is 1.71. The van der Waals surface area contributed by atoms with Crippen molar-refractivity contribution in [2.45, 2.75) is 18.9 Å². The van der Waals surface area contributed by atoms with Crippen molar-refractivity contribution in [3.63, 3.8) is 0 Å². The molecular weight excluding hydrogens is 252 g/mol. The molecule has 0 aliphatic carbocycles. The maximum absolute atomic E-state index is 12.6. The lowest BCUT2D eigenvalue weighted by molar-refractivity contribution is 0.0269. The van der Waals surface area contributed by atoms with Gasteiger partial charge in [0.2, 0.25) is 0 Å². The zero-order chi connectivity index (χ0) is 14.4. The number of benzene rings is 1. The van der Waals surface area contributed by atoms with E-state index in [2.05, 4.69) is 11.8 Å². The van der Waals surface area contributed by atoms with Gasteiger partial charge in [-0.1, -0.05) is 24.0 Å². The van der Waals surface area contributed by atoms with Crippen LogP contribution in [0.25, 0.3) is 0 Å². The third-order valence-corrected chi connectivity index (χ3v) is 3.48. The van der Waals surface area contributed by atoms with Crippen molar-refractivity contribution >= 4 is 5.91 Å². The fourth-order valence-corrected chi connectivity index (χ4v) is 2.41. The van der Waals surface area contributed by atoms with Gasteiger partial charge in [0, 0.05) is 25.8 Å². The number of piperidine rings is 1. The number of hydrogen-bond acceptors (Lipinski definition) is 3. The number of hydrogen-bond donors (Lipinski definition) is 1. The van der Waals surface area contributed by atoms with Crippen LogP contribution < -0.4 is 5.73 Å². The number of carbonyl (C=O) groups excluding carboxylic acids is 1. The van der Waals surface area contributed by atoms with E-state index in [9.17, 15) is 4.79 Å². The molecule has 106 valence electrons. The average molecular weight is 272 g/mol. The predicted octanol–water partition coefficient (Wildman–Crippen LogP) is 1.25. The molecule has 1 saturated heterocycles. The molecule has 1 heterocycles. The summed E-state index contributed by atoms with van der Waals surface area (Å²) in [7, 11) is 1.69. The van der Waals surface area contributed by atoms with Crippen LogP contribution >= 0.6 is 0 Å². The number of rotatable bonds is 2. The number of likely N-dealkylation sites (tertiary alicyclic amines) is 1. The molecule has 2 N–H and O–H groups in total. The van der Waals surface area contributed by atoms with Gasteiger partial charge in [0.25, 0.3) is 5.91 Å². The highest BCUT2D eigenvalue weighted by Crippen LogP contribution is 2.17. The lowest BCUT2D eigenvalue weighted by atomic mass is 10.0. The van der Waals surface area contributed by atoms with Crippen LogP contribution in [0.4, 0.5) is 0 Å². The number of ether oxygens (including phenoxy) is 1. The maximum Gasteiger partial charge on any atom is 0.255 e. The number of nitrogens with zero attached hydrogens (tertiary/aromatic N) is 1. The summed E-state index contributed by atoms with van der Waals surface area (Å²) in [5.41, 5.74) is 6.78. The van der Waals surface area contributed by atoms with E-state index in [1.54, 1.807) is 7.11 Å². The van der Waals surface area contributed by atoms with Gasteiger partial charge < -0.3 is 15.4 Å². The van der Waals surface area contributed by atoms with Crippen LogP contribution in [0.15, 0.2) is 24.3 Å². The smallest absolute Gasteiger partial charge is 0.255 e. The van der Waals surface area contributed by atoms with Gasteiger partial charge in [-0.25, -0.2) is 0 Å². The van der Waals surface area contributed by atoms with E-state index in [-0.39, 0.29) is 18.6 Å². The van der Waals surface area contributed by atoms with Gasteiger partial charge in [0.05, 0.1) is 18.2 Å². The highest BCUT2D eigenvalue weighted by atomic mass is 16.5. The van der Waals surface area contributed by atoms with Gasteiger partial charge in [0.15, 0.2) is 0 Å². The molecule has 0 aromatic heterocycles. The Labute approximate surface area is 119 Å². The Balaban J connectivity index is 2.20. The SMILES string of the molecule is COC1CCCN(C(=O)c2ccccc2C#CCN)C1. The Morgan fingerprint density at radius 3 is 3.05 bits per heavy atom. The summed E-state index contributed by atoms with van der Waals surface area (Å²) in [6, 6.07) is 7.41. The first-order chi connectivity index (χ1) is 9.76. The largest absolute Gasteiger partial charge is 0.380 e. The fraction of sp³-hybridized carbons (Fsp3) is 0.438. The topological polar surface area (TPSA) is 55.6 Å². The molecule has 2 rings (SSSR count). The summed E-state index contributed by atoms with van der Waals surface area (Å²) in [5.74, 6) is 5.79. The molecule has 0 radical (unpaired) electrons. The monoisotopic (exact) mass is 272 g/mol. The van der Waals surface area contributed by atoms with Crippen LogP contribution in [0.3, 0.4) is 0 Å². The number of amides is 1. The van der Waals surface area contributed by atoms with E-state index in [0.717, 1.165) is 24.9 Å². The molecule has 0 bridgehead atoms. The van der Waals surface area contributed by atoms with Gasteiger partial charge in [-0.15, -0.1) is 0 Å². The first-order valence-corrected chi connectivity index (χ1v) is 6.86. The predicted molar refractivity (Wildman–Crippen MR) is 78.3 cm³/mol. The van der Waals surface area contributed by atoms with Crippen molar-refractivity contribution in [2.75, 3.05) is 26.7 Å². The van der Waals surface area contributed by atoms with E-state index < -0.39 is 0 Å². The molecule has 1 aliphatic rings. The van der Waals surface area contributed by atoms with E-state index >= 15 is 0 Å². The molecule has 1 aromatic rings. The summed E-state index contributed by atoms with van der Waals surface area (Å²) in [4.78, 5) is 14.5. The average Bonchev–Trinajstić information content (AvgIpc) is 2.52. The number of methoxy groups -OCH3 is 1. The van der Waals surface area contributed by atoms with Crippen LogP contribution in [0.2, 0.25) is 0 Å². The molecular formula is C16H20N2O2. The Hall–Kier alpha value is -1.83. The van der Waals surface area contributed by atoms with Gasteiger partial charge in [0.1, 0.15) is 0 Å². The number of carbonyl (C=O) groups is 1. The van der Waals surface area contributed by atoms with Gasteiger partial charge >= 0.3 is 0 Å². The minimum atomic E-state index is 0.0219. The standard InChI is InChI=1S/C16H20N2O2/c1-20-14-8-5-11-18(12-14)16(19)15-9-3-2-6-13(15)7-4-10-17/h2-3,6,9,14H,5,8,10-12,17H2,1H3. The molecule has 1 fully saturated rings. The molecule has 1 unspecified atom stereocenters. The van der Waals surface area contributed by atoms with Crippen LogP contribution in [0, 0.1) is 11.8 Å². The molecule has 1 atom stereocenters. The molecule has 4 heteroatoms. The minimum Gasteiger partial charge on any atom is -0.380 e. The van der Waals surface area contributed by atoms with Crippen molar-refractivity contribution < 1.29 is 9.53 Å². The van der Waals surface area contributed by atoms with Crippen molar-refractivity contribution in [1.82, 2.24) is 4.90 Å². The Kier molecular flexibility index (Phi) is 5.16. The van der Waals surface area contributed by atoms with Crippen LogP contribution in [0.1, 0.15) is 28.8 Å². The third-order valence-electron chi connectivity index (χ3n) is 3.48. The lowest BCUT2D eigenvalue weighted by Crippen LogP contribution is -2.43. The zero-order valence-corrected chi connectivity index (χ0v) is 11.8. The minimum absolute atomic E-state index is 0.0219. The van der Waals surface area contributed by atoms with Crippen LogP contribution in [0.5, 0.6) is 0 Å². The zero-order valence-electron chi connectivity index (χ0n) is 11.8. The molecule has 4 nitrogen and oxygen atoms in total. The third kappa shape index (κ3) is 3.38. The lowest BCUT2D eigenvalue weighted by Gasteiger charge is -2.32. The first-order valence-electron chi connectivity index (χ1n) is 6.86. The maximum atomic E-state index is 12.6. The summed E-state index contributed by atoms with van der Waals surface area (Å²) in [5, 5.41) is 0. The van der Waals surface area contributed by atoms with E-state index in [1.165, 1.54) is 0 Å². The first kappa shape index (κ1) is 14.6. The van der Waals surface area contributed by atoms with E-state index in [4.69, 9.17) is 10.5 Å². The molecule has 1 aromatic carbocycles. The second kappa shape index (κ2) is 7.09. The van der Waals surface area contributed by atoms with E-state index in [1.807, 2.05) is 29.2 Å². The van der Waals surface area contributed by atoms with Gasteiger partial charge in [-0.3, -0.25) is 4.79 Å². The van der Waals surface area contributed by atoms with Crippen molar-refractivity contribution in [1.29, 1.82) is 0 Å². The highest BCUT2D eigenvalue weighted by molar-refractivity contribution is 5.96.